The van der Waals surface area contributed by atoms with E-state index in [1.165, 1.54) is 19.3 Å². The molecule has 1 aromatic carbocycles. The zero-order valence-corrected chi connectivity index (χ0v) is 11.7. The van der Waals surface area contributed by atoms with E-state index in [0.717, 1.165) is 43.2 Å². The molecule has 3 rings (SSSR count). The lowest BCUT2D eigenvalue weighted by Gasteiger charge is -2.43. The minimum absolute atomic E-state index is 0.413. The summed E-state index contributed by atoms with van der Waals surface area (Å²) in [5.41, 5.74) is 2.27. The van der Waals surface area contributed by atoms with Crippen LogP contribution in [-0.4, -0.2) is 36.2 Å². The molecule has 2 N–H and O–H groups in total. The van der Waals surface area contributed by atoms with Gasteiger partial charge < -0.3 is 10.4 Å². The van der Waals surface area contributed by atoms with Crippen LogP contribution in [0.15, 0.2) is 18.2 Å². The van der Waals surface area contributed by atoms with Crippen molar-refractivity contribution < 1.29 is 5.11 Å². The standard InChI is InChI=1S/C16H24N2O/c1-12-5-6-14(15(19)11-12)16(13-3-2-4-13)18-9-7-17-8-10-18/h5-6,11,13,16-17,19H,2-4,7-10H2,1H3/t16-/m0/s1. The summed E-state index contributed by atoms with van der Waals surface area (Å²) in [5, 5.41) is 13.7. The summed E-state index contributed by atoms with van der Waals surface area (Å²) < 4.78 is 0. The Balaban J connectivity index is 1.88. The Morgan fingerprint density at radius 2 is 2.00 bits per heavy atom. The number of aryl methyl sites for hydroxylation is 1. The van der Waals surface area contributed by atoms with E-state index in [-0.39, 0.29) is 0 Å². The van der Waals surface area contributed by atoms with Crippen LogP contribution < -0.4 is 5.32 Å². The second-order valence-corrected chi connectivity index (χ2v) is 5.98. The van der Waals surface area contributed by atoms with E-state index in [1.807, 2.05) is 13.0 Å². The maximum Gasteiger partial charge on any atom is 0.120 e. The van der Waals surface area contributed by atoms with Crippen molar-refractivity contribution in [1.29, 1.82) is 0 Å². The molecule has 1 saturated carbocycles. The Morgan fingerprint density at radius 3 is 2.58 bits per heavy atom. The van der Waals surface area contributed by atoms with E-state index in [1.54, 1.807) is 0 Å². The van der Waals surface area contributed by atoms with Crippen LogP contribution in [0.1, 0.15) is 36.4 Å². The van der Waals surface area contributed by atoms with E-state index in [0.29, 0.717) is 11.8 Å². The van der Waals surface area contributed by atoms with Crippen molar-refractivity contribution in [2.45, 2.75) is 32.2 Å². The van der Waals surface area contributed by atoms with Crippen LogP contribution in [0.2, 0.25) is 0 Å². The third kappa shape index (κ3) is 2.63. The van der Waals surface area contributed by atoms with Crippen LogP contribution in [0, 0.1) is 12.8 Å². The van der Waals surface area contributed by atoms with Gasteiger partial charge in [0.15, 0.2) is 0 Å². The highest BCUT2D eigenvalue weighted by molar-refractivity contribution is 5.38. The molecule has 0 spiro atoms. The molecule has 0 radical (unpaired) electrons. The number of piperazine rings is 1. The fourth-order valence-electron chi connectivity index (χ4n) is 3.37. The van der Waals surface area contributed by atoms with Crippen molar-refractivity contribution >= 4 is 0 Å². The third-order valence-corrected chi connectivity index (χ3v) is 4.65. The number of phenols is 1. The molecule has 19 heavy (non-hydrogen) atoms. The normalized spacial score (nSPS) is 23.0. The average Bonchev–Trinajstić information content (AvgIpc) is 2.35. The summed E-state index contributed by atoms with van der Waals surface area (Å²) >= 11 is 0. The minimum atomic E-state index is 0.413. The Morgan fingerprint density at radius 1 is 1.26 bits per heavy atom. The fraction of sp³-hybridized carbons (Fsp3) is 0.625. The molecule has 104 valence electrons. The molecular formula is C16H24N2O. The number of nitrogens with zero attached hydrogens (tertiary/aromatic N) is 1. The zero-order valence-electron chi connectivity index (χ0n) is 11.7. The Kier molecular flexibility index (Phi) is 3.76. The second kappa shape index (κ2) is 5.51. The molecule has 1 aliphatic heterocycles. The zero-order chi connectivity index (χ0) is 13.2. The van der Waals surface area contributed by atoms with E-state index in [4.69, 9.17) is 0 Å². The number of nitrogens with one attached hydrogen (secondary N) is 1. The Labute approximate surface area is 115 Å². The van der Waals surface area contributed by atoms with Gasteiger partial charge in [-0.1, -0.05) is 18.6 Å². The van der Waals surface area contributed by atoms with E-state index < -0.39 is 0 Å². The molecular weight excluding hydrogens is 236 g/mol. The molecule has 1 atom stereocenters. The minimum Gasteiger partial charge on any atom is -0.508 e. The lowest BCUT2D eigenvalue weighted by atomic mass is 9.76. The largest absolute Gasteiger partial charge is 0.508 e. The average molecular weight is 260 g/mol. The number of aromatic hydroxyl groups is 1. The lowest BCUT2D eigenvalue weighted by molar-refractivity contribution is 0.0819. The van der Waals surface area contributed by atoms with Crippen molar-refractivity contribution in [3.05, 3.63) is 29.3 Å². The summed E-state index contributed by atoms with van der Waals surface area (Å²) in [7, 11) is 0. The van der Waals surface area contributed by atoms with Crippen LogP contribution in [0.3, 0.4) is 0 Å². The van der Waals surface area contributed by atoms with Gasteiger partial charge in [-0.25, -0.2) is 0 Å². The van der Waals surface area contributed by atoms with E-state index in [2.05, 4.69) is 22.3 Å². The van der Waals surface area contributed by atoms with Crippen molar-refractivity contribution in [3.8, 4) is 5.75 Å². The molecule has 0 amide bonds. The SMILES string of the molecule is Cc1ccc([C@H](C2CCC2)N2CCNCC2)c(O)c1. The fourth-order valence-corrected chi connectivity index (χ4v) is 3.37. The first kappa shape index (κ1) is 12.9. The van der Waals surface area contributed by atoms with Gasteiger partial charge in [-0.3, -0.25) is 4.90 Å². The first-order chi connectivity index (χ1) is 9.25. The topological polar surface area (TPSA) is 35.5 Å². The van der Waals surface area contributed by atoms with Crippen LogP contribution in [0.5, 0.6) is 5.75 Å². The number of hydrogen-bond acceptors (Lipinski definition) is 3. The Hall–Kier alpha value is -1.06. The lowest BCUT2D eigenvalue weighted by Crippen LogP contribution is -2.47. The van der Waals surface area contributed by atoms with Gasteiger partial charge in [0.05, 0.1) is 0 Å². The van der Waals surface area contributed by atoms with Gasteiger partial charge in [0.25, 0.3) is 0 Å². The Bertz CT molecular complexity index is 436. The molecule has 1 heterocycles. The van der Waals surface area contributed by atoms with Gasteiger partial charge in [-0.05, 0) is 37.3 Å². The van der Waals surface area contributed by atoms with Gasteiger partial charge in [0.2, 0.25) is 0 Å². The van der Waals surface area contributed by atoms with Crippen molar-refractivity contribution in [1.82, 2.24) is 10.2 Å². The van der Waals surface area contributed by atoms with Crippen molar-refractivity contribution in [2.75, 3.05) is 26.2 Å². The van der Waals surface area contributed by atoms with Gasteiger partial charge in [0, 0.05) is 37.8 Å². The molecule has 0 aromatic heterocycles. The monoisotopic (exact) mass is 260 g/mol. The van der Waals surface area contributed by atoms with Crippen LogP contribution in [0.4, 0.5) is 0 Å². The second-order valence-electron chi connectivity index (χ2n) is 5.98. The van der Waals surface area contributed by atoms with E-state index in [9.17, 15) is 5.11 Å². The van der Waals surface area contributed by atoms with E-state index >= 15 is 0 Å². The summed E-state index contributed by atoms with van der Waals surface area (Å²) in [6, 6.07) is 6.58. The quantitative estimate of drug-likeness (QED) is 0.876. The van der Waals surface area contributed by atoms with Crippen LogP contribution >= 0.6 is 0 Å². The molecule has 2 fully saturated rings. The summed E-state index contributed by atoms with van der Waals surface area (Å²) in [4.78, 5) is 2.56. The molecule has 3 heteroatoms. The number of hydrogen-bond donors (Lipinski definition) is 2. The maximum atomic E-state index is 10.3. The highest BCUT2D eigenvalue weighted by Gasteiger charge is 2.34. The van der Waals surface area contributed by atoms with Crippen molar-refractivity contribution in [2.24, 2.45) is 5.92 Å². The molecule has 1 aliphatic carbocycles. The van der Waals surface area contributed by atoms with Gasteiger partial charge in [-0.15, -0.1) is 0 Å². The number of rotatable bonds is 3. The smallest absolute Gasteiger partial charge is 0.120 e. The predicted octanol–water partition coefficient (Wildman–Crippen LogP) is 2.45. The van der Waals surface area contributed by atoms with Crippen LogP contribution in [0.25, 0.3) is 0 Å². The molecule has 0 unspecified atom stereocenters. The first-order valence-electron chi connectivity index (χ1n) is 7.50. The van der Waals surface area contributed by atoms with Crippen molar-refractivity contribution in [3.63, 3.8) is 0 Å². The highest BCUT2D eigenvalue weighted by Crippen LogP contribution is 2.44. The molecule has 2 aliphatic rings. The predicted molar refractivity (Wildman–Crippen MR) is 77.4 cm³/mol. The summed E-state index contributed by atoms with van der Waals surface area (Å²) in [6.45, 7) is 6.35. The van der Waals surface area contributed by atoms with Gasteiger partial charge in [0.1, 0.15) is 5.75 Å². The highest BCUT2D eigenvalue weighted by atomic mass is 16.3. The van der Waals surface area contributed by atoms with Gasteiger partial charge >= 0.3 is 0 Å². The first-order valence-corrected chi connectivity index (χ1v) is 7.50. The molecule has 1 aromatic rings. The summed E-state index contributed by atoms with van der Waals surface area (Å²) in [5.74, 6) is 1.21. The number of phenolic OH excluding ortho intramolecular Hbond substituents is 1. The van der Waals surface area contributed by atoms with Gasteiger partial charge in [-0.2, -0.15) is 0 Å². The molecule has 1 saturated heterocycles. The van der Waals surface area contributed by atoms with Crippen LogP contribution in [-0.2, 0) is 0 Å². The number of benzene rings is 1. The summed E-state index contributed by atoms with van der Waals surface area (Å²) in [6.07, 6.45) is 3.96. The molecule has 3 nitrogen and oxygen atoms in total. The maximum absolute atomic E-state index is 10.3. The molecule has 0 bridgehead atoms. The third-order valence-electron chi connectivity index (χ3n) is 4.65.